The van der Waals surface area contributed by atoms with Crippen molar-refractivity contribution in [1.82, 2.24) is 15.0 Å². The monoisotopic (exact) mass is 387 g/mol. The van der Waals surface area contributed by atoms with Crippen LogP contribution >= 0.6 is 0 Å². The van der Waals surface area contributed by atoms with E-state index in [1.54, 1.807) is 6.21 Å². The molecule has 1 aliphatic heterocycles. The predicted molar refractivity (Wildman–Crippen MR) is 118 cm³/mol. The van der Waals surface area contributed by atoms with E-state index in [1.807, 2.05) is 48.5 Å². The zero-order valence-electron chi connectivity index (χ0n) is 16.5. The number of nitrogens with zero attached hydrogens (tertiary/aromatic N) is 5. The molecule has 0 saturated carbocycles. The third kappa shape index (κ3) is 5.07. The number of piperidine rings is 1. The van der Waals surface area contributed by atoms with Gasteiger partial charge in [-0.1, -0.05) is 42.5 Å². The highest BCUT2D eigenvalue weighted by Gasteiger charge is 2.16. The highest BCUT2D eigenvalue weighted by atomic mass is 15.4. The Morgan fingerprint density at radius 2 is 1.59 bits per heavy atom. The van der Waals surface area contributed by atoms with Gasteiger partial charge >= 0.3 is 0 Å². The number of para-hydroxylation sites is 1. The summed E-state index contributed by atoms with van der Waals surface area (Å²) >= 11 is 0. The molecule has 2 N–H and O–H groups in total. The number of hydrogen-bond acceptors (Lipinski definition) is 7. The van der Waals surface area contributed by atoms with E-state index in [-0.39, 0.29) is 0 Å². The molecule has 0 radical (unpaired) electrons. The number of aromatic nitrogens is 3. The summed E-state index contributed by atoms with van der Waals surface area (Å²) < 4.78 is 0. The average molecular weight is 387 g/mol. The number of benzene rings is 2. The van der Waals surface area contributed by atoms with E-state index in [0.29, 0.717) is 17.8 Å². The summed E-state index contributed by atoms with van der Waals surface area (Å²) in [4.78, 5) is 15.9. The quantitative estimate of drug-likeness (QED) is 0.483. The van der Waals surface area contributed by atoms with Crippen LogP contribution in [0.4, 0.5) is 23.5 Å². The lowest BCUT2D eigenvalue weighted by Gasteiger charge is -2.26. The van der Waals surface area contributed by atoms with Gasteiger partial charge in [-0.2, -0.15) is 20.1 Å². The van der Waals surface area contributed by atoms with Gasteiger partial charge in [0, 0.05) is 18.8 Å². The molecule has 0 aliphatic carbocycles. The van der Waals surface area contributed by atoms with Crippen LogP contribution in [-0.2, 0) is 0 Å². The van der Waals surface area contributed by atoms with Crippen LogP contribution in [0.15, 0.2) is 59.7 Å². The molecule has 1 aliphatic rings. The van der Waals surface area contributed by atoms with Gasteiger partial charge in [0.25, 0.3) is 0 Å². The summed E-state index contributed by atoms with van der Waals surface area (Å²) in [5.41, 5.74) is 6.11. The SMILES string of the molecule is Cc1ccccc1/C=N/Nc1nc(Nc2ccccc2)nc(N2CCCCC2)n1. The fourth-order valence-electron chi connectivity index (χ4n) is 3.25. The van der Waals surface area contributed by atoms with Gasteiger partial charge in [-0.05, 0) is 49.4 Å². The molecule has 29 heavy (non-hydrogen) atoms. The van der Waals surface area contributed by atoms with Crippen LogP contribution in [0.1, 0.15) is 30.4 Å². The molecule has 2 heterocycles. The van der Waals surface area contributed by atoms with E-state index in [4.69, 9.17) is 0 Å². The summed E-state index contributed by atoms with van der Waals surface area (Å²) in [6.07, 6.45) is 5.34. The molecule has 2 aromatic carbocycles. The van der Waals surface area contributed by atoms with Crippen LogP contribution < -0.4 is 15.6 Å². The lowest BCUT2D eigenvalue weighted by molar-refractivity contribution is 0.568. The molecule has 0 unspecified atom stereocenters. The van der Waals surface area contributed by atoms with Crippen molar-refractivity contribution in [2.45, 2.75) is 26.2 Å². The van der Waals surface area contributed by atoms with Crippen molar-refractivity contribution in [1.29, 1.82) is 0 Å². The van der Waals surface area contributed by atoms with Crippen molar-refractivity contribution in [3.05, 3.63) is 65.7 Å². The van der Waals surface area contributed by atoms with E-state index >= 15 is 0 Å². The minimum atomic E-state index is 0.420. The number of hydrogen-bond donors (Lipinski definition) is 2. The first kappa shape index (κ1) is 18.9. The third-order valence-corrected chi connectivity index (χ3v) is 4.85. The molecule has 1 fully saturated rings. The molecule has 4 rings (SSSR count). The number of nitrogens with one attached hydrogen (secondary N) is 2. The Balaban J connectivity index is 1.57. The molecule has 3 aromatic rings. The van der Waals surface area contributed by atoms with E-state index in [1.165, 1.54) is 6.42 Å². The Labute approximate surface area is 170 Å². The minimum absolute atomic E-state index is 0.420. The average Bonchev–Trinajstić information content (AvgIpc) is 2.76. The first-order valence-corrected chi connectivity index (χ1v) is 9.96. The van der Waals surface area contributed by atoms with Gasteiger partial charge in [-0.25, -0.2) is 5.43 Å². The number of anilines is 4. The fourth-order valence-corrected chi connectivity index (χ4v) is 3.25. The molecule has 0 atom stereocenters. The largest absolute Gasteiger partial charge is 0.341 e. The molecule has 7 nitrogen and oxygen atoms in total. The summed E-state index contributed by atoms with van der Waals surface area (Å²) in [7, 11) is 0. The number of hydrazone groups is 1. The smallest absolute Gasteiger partial charge is 0.250 e. The summed E-state index contributed by atoms with van der Waals surface area (Å²) in [6, 6.07) is 18.0. The van der Waals surface area contributed by atoms with Crippen LogP contribution in [0.5, 0.6) is 0 Å². The maximum Gasteiger partial charge on any atom is 0.250 e. The summed E-state index contributed by atoms with van der Waals surface area (Å²) in [6.45, 7) is 3.97. The van der Waals surface area contributed by atoms with Crippen molar-refractivity contribution < 1.29 is 0 Å². The molecule has 1 aromatic heterocycles. The van der Waals surface area contributed by atoms with Gasteiger partial charge in [0.15, 0.2) is 0 Å². The minimum Gasteiger partial charge on any atom is -0.341 e. The van der Waals surface area contributed by atoms with Crippen molar-refractivity contribution in [3.63, 3.8) is 0 Å². The van der Waals surface area contributed by atoms with E-state index in [0.717, 1.165) is 42.7 Å². The molecule has 0 spiro atoms. The van der Waals surface area contributed by atoms with Crippen LogP contribution in [0.3, 0.4) is 0 Å². The third-order valence-electron chi connectivity index (χ3n) is 4.85. The van der Waals surface area contributed by atoms with E-state index in [9.17, 15) is 0 Å². The Kier molecular flexibility index (Phi) is 5.95. The number of aryl methyl sites for hydroxylation is 1. The molecule has 148 valence electrons. The first-order valence-electron chi connectivity index (χ1n) is 9.96. The van der Waals surface area contributed by atoms with Gasteiger partial charge in [0.2, 0.25) is 17.8 Å². The fraction of sp³-hybridized carbons (Fsp3) is 0.273. The Morgan fingerprint density at radius 3 is 2.38 bits per heavy atom. The highest BCUT2D eigenvalue weighted by molar-refractivity contribution is 5.81. The van der Waals surface area contributed by atoms with Crippen LogP contribution in [0.2, 0.25) is 0 Å². The second-order valence-electron chi connectivity index (χ2n) is 7.05. The highest BCUT2D eigenvalue weighted by Crippen LogP contribution is 2.20. The van der Waals surface area contributed by atoms with Crippen LogP contribution in [0.25, 0.3) is 0 Å². The van der Waals surface area contributed by atoms with Crippen LogP contribution in [0, 0.1) is 6.92 Å². The standard InChI is InChI=1S/C22H25N7/c1-17-10-6-7-11-18(17)16-23-28-21-25-20(24-19-12-4-2-5-13-19)26-22(27-21)29-14-8-3-9-15-29/h2,4-7,10-13,16H,3,8-9,14-15H2,1H3,(H2,24,25,26,27,28)/b23-16+. The molecular weight excluding hydrogens is 362 g/mol. The maximum absolute atomic E-state index is 4.63. The van der Waals surface area contributed by atoms with Gasteiger partial charge in [-0.15, -0.1) is 0 Å². The molecule has 0 amide bonds. The Hall–Kier alpha value is -3.48. The van der Waals surface area contributed by atoms with Gasteiger partial charge in [0.1, 0.15) is 0 Å². The predicted octanol–water partition coefficient (Wildman–Crippen LogP) is 4.36. The topological polar surface area (TPSA) is 78.3 Å². The first-order chi connectivity index (χ1) is 14.3. The molecule has 7 heteroatoms. The molecule has 1 saturated heterocycles. The van der Waals surface area contributed by atoms with Crippen molar-refractivity contribution in [2.24, 2.45) is 5.10 Å². The van der Waals surface area contributed by atoms with E-state index < -0.39 is 0 Å². The second-order valence-corrected chi connectivity index (χ2v) is 7.05. The number of rotatable bonds is 6. The zero-order chi connectivity index (χ0) is 19.9. The summed E-state index contributed by atoms with van der Waals surface area (Å²) in [5.74, 6) is 1.59. The Bertz CT molecular complexity index is 966. The lowest BCUT2D eigenvalue weighted by atomic mass is 10.1. The lowest BCUT2D eigenvalue weighted by Crippen LogP contribution is -2.31. The molecule has 0 bridgehead atoms. The normalized spacial score (nSPS) is 14.2. The van der Waals surface area contributed by atoms with Crippen molar-refractivity contribution in [3.8, 4) is 0 Å². The molecular formula is C22H25N7. The zero-order valence-corrected chi connectivity index (χ0v) is 16.5. The maximum atomic E-state index is 4.63. The van der Waals surface area contributed by atoms with Gasteiger partial charge in [0.05, 0.1) is 6.21 Å². The summed E-state index contributed by atoms with van der Waals surface area (Å²) in [5, 5.41) is 7.59. The van der Waals surface area contributed by atoms with Crippen LogP contribution in [-0.4, -0.2) is 34.3 Å². The second kappa shape index (κ2) is 9.14. The van der Waals surface area contributed by atoms with Crippen molar-refractivity contribution in [2.75, 3.05) is 28.7 Å². The van der Waals surface area contributed by atoms with Gasteiger partial charge in [-0.3, -0.25) is 0 Å². The van der Waals surface area contributed by atoms with Crippen molar-refractivity contribution >= 4 is 29.7 Å². The van der Waals surface area contributed by atoms with E-state index in [2.05, 4.69) is 48.7 Å². The van der Waals surface area contributed by atoms with Gasteiger partial charge < -0.3 is 10.2 Å². The Morgan fingerprint density at radius 1 is 0.862 bits per heavy atom.